The SMILES string of the molecule is COc1nc(NC2CN3CCC2CC3)ccc1N. The van der Waals surface area contributed by atoms with Crippen LogP contribution in [-0.2, 0) is 0 Å². The van der Waals surface area contributed by atoms with Gasteiger partial charge in [0.25, 0.3) is 0 Å². The highest BCUT2D eigenvalue weighted by atomic mass is 16.5. The normalized spacial score (nSPS) is 30.2. The summed E-state index contributed by atoms with van der Waals surface area (Å²) < 4.78 is 5.15. The zero-order valence-electron chi connectivity index (χ0n) is 10.7. The highest BCUT2D eigenvalue weighted by Crippen LogP contribution is 2.30. The van der Waals surface area contributed by atoms with Gasteiger partial charge >= 0.3 is 0 Å². The predicted octanol–water partition coefficient (Wildman–Crippen LogP) is 1.18. The highest BCUT2D eigenvalue weighted by Gasteiger charge is 2.34. The van der Waals surface area contributed by atoms with Crippen molar-refractivity contribution in [3.63, 3.8) is 0 Å². The number of piperidine rings is 3. The number of nitrogens with one attached hydrogen (secondary N) is 1. The lowest BCUT2D eigenvalue weighted by molar-refractivity contribution is 0.0973. The Morgan fingerprint density at radius 2 is 2.17 bits per heavy atom. The number of nitrogen functional groups attached to an aromatic ring is 1. The third kappa shape index (κ3) is 2.10. The van der Waals surface area contributed by atoms with Crippen LogP contribution >= 0.6 is 0 Å². The molecule has 0 radical (unpaired) electrons. The quantitative estimate of drug-likeness (QED) is 0.841. The minimum Gasteiger partial charge on any atom is -0.479 e. The van der Waals surface area contributed by atoms with Crippen molar-refractivity contribution in [1.29, 1.82) is 0 Å². The molecule has 3 saturated heterocycles. The number of nitrogens with zero attached hydrogens (tertiary/aromatic N) is 2. The molecule has 0 amide bonds. The summed E-state index contributed by atoms with van der Waals surface area (Å²) in [6, 6.07) is 4.28. The van der Waals surface area contributed by atoms with Crippen LogP contribution in [-0.4, -0.2) is 42.7 Å². The van der Waals surface area contributed by atoms with Crippen LogP contribution < -0.4 is 15.8 Å². The fourth-order valence-electron chi connectivity index (χ4n) is 3.01. The van der Waals surface area contributed by atoms with Crippen molar-refractivity contribution in [2.45, 2.75) is 18.9 Å². The van der Waals surface area contributed by atoms with Crippen molar-refractivity contribution in [2.75, 3.05) is 37.8 Å². The van der Waals surface area contributed by atoms with Gasteiger partial charge in [0.2, 0.25) is 5.88 Å². The standard InChI is InChI=1S/C13H20N4O/c1-18-13-10(14)2-3-12(16-13)15-11-8-17-6-4-9(11)5-7-17/h2-3,9,11H,4-8,14H2,1H3,(H,15,16). The first-order chi connectivity index (χ1) is 8.76. The molecule has 1 unspecified atom stereocenters. The van der Waals surface area contributed by atoms with Crippen LogP contribution in [0.5, 0.6) is 5.88 Å². The monoisotopic (exact) mass is 248 g/mol. The Hall–Kier alpha value is -1.49. The van der Waals surface area contributed by atoms with E-state index in [4.69, 9.17) is 10.5 Å². The largest absolute Gasteiger partial charge is 0.479 e. The van der Waals surface area contributed by atoms with Crippen LogP contribution in [0.2, 0.25) is 0 Å². The first-order valence-electron chi connectivity index (χ1n) is 6.55. The molecular formula is C13H20N4O. The van der Waals surface area contributed by atoms with Gasteiger partial charge in [0, 0.05) is 12.6 Å². The molecule has 3 N–H and O–H groups in total. The Kier molecular flexibility index (Phi) is 2.99. The molecule has 0 aliphatic carbocycles. The third-order valence-corrected chi connectivity index (χ3v) is 4.07. The van der Waals surface area contributed by atoms with Gasteiger partial charge in [-0.2, -0.15) is 4.98 Å². The number of anilines is 2. The predicted molar refractivity (Wildman–Crippen MR) is 71.8 cm³/mol. The topological polar surface area (TPSA) is 63.4 Å². The number of methoxy groups -OCH3 is 1. The molecule has 4 heterocycles. The Morgan fingerprint density at radius 1 is 1.39 bits per heavy atom. The van der Waals surface area contributed by atoms with Crippen molar-refractivity contribution < 1.29 is 4.74 Å². The third-order valence-electron chi connectivity index (χ3n) is 4.07. The van der Waals surface area contributed by atoms with E-state index in [0.29, 0.717) is 17.6 Å². The summed E-state index contributed by atoms with van der Waals surface area (Å²) in [5.74, 6) is 2.14. The molecule has 5 heteroatoms. The second kappa shape index (κ2) is 4.65. The molecule has 3 aliphatic rings. The van der Waals surface area contributed by atoms with E-state index >= 15 is 0 Å². The van der Waals surface area contributed by atoms with E-state index in [-0.39, 0.29) is 0 Å². The molecule has 0 aromatic carbocycles. The van der Waals surface area contributed by atoms with E-state index in [1.807, 2.05) is 12.1 Å². The Bertz CT molecular complexity index is 429. The smallest absolute Gasteiger partial charge is 0.238 e. The highest BCUT2D eigenvalue weighted by molar-refractivity contribution is 5.53. The molecule has 18 heavy (non-hydrogen) atoms. The van der Waals surface area contributed by atoms with E-state index in [1.165, 1.54) is 25.9 Å². The Labute approximate surface area is 107 Å². The molecule has 2 bridgehead atoms. The van der Waals surface area contributed by atoms with Crippen LogP contribution in [0.1, 0.15) is 12.8 Å². The average molecular weight is 248 g/mol. The number of rotatable bonds is 3. The molecule has 5 nitrogen and oxygen atoms in total. The van der Waals surface area contributed by atoms with Crippen LogP contribution in [0.15, 0.2) is 12.1 Å². The van der Waals surface area contributed by atoms with Crippen LogP contribution in [0.3, 0.4) is 0 Å². The first-order valence-corrected chi connectivity index (χ1v) is 6.55. The van der Waals surface area contributed by atoms with Gasteiger partial charge in [-0.25, -0.2) is 0 Å². The maximum atomic E-state index is 5.77. The van der Waals surface area contributed by atoms with Gasteiger partial charge in [-0.15, -0.1) is 0 Å². The second-order valence-corrected chi connectivity index (χ2v) is 5.18. The van der Waals surface area contributed by atoms with Crippen molar-refractivity contribution in [3.05, 3.63) is 12.1 Å². The summed E-state index contributed by atoms with van der Waals surface area (Å²) in [6.07, 6.45) is 2.59. The molecular weight excluding hydrogens is 228 g/mol. The van der Waals surface area contributed by atoms with Crippen molar-refractivity contribution in [3.8, 4) is 5.88 Å². The number of pyridine rings is 1. The first kappa shape index (κ1) is 11.6. The second-order valence-electron chi connectivity index (χ2n) is 5.18. The lowest BCUT2D eigenvalue weighted by Gasteiger charge is -2.45. The number of hydrogen-bond donors (Lipinski definition) is 2. The van der Waals surface area contributed by atoms with Gasteiger partial charge in [0.05, 0.1) is 12.8 Å². The minimum absolute atomic E-state index is 0.501. The molecule has 1 aromatic rings. The number of hydrogen-bond acceptors (Lipinski definition) is 5. The van der Waals surface area contributed by atoms with E-state index in [1.54, 1.807) is 7.11 Å². The van der Waals surface area contributed by atoms with Crippen molar-refractivity contribution >= 4 is 11.5 Å². The molecule has 3 fully saturated rings. The lowest BCUT2D eigenvalue weighted by Crippen LogP contribution is -2.53. The molecule has 3 aliphatic heterocycles. The zero-order chi connectivity index (χ0) is 12.5. The van der Waals surface area contributed by atoms with Gasteiger partial charge in [-0.3, -0.25) is 0 Å². The van der Waals surface area contributed by atoms with Gasteiger partial charge in [0.15, 0.2) is 0 Å². The van der Waals surface area contributed by atoms with Crippen molar-refractivity contribution in [2.24, 2.45) is 5.92 Å². The fourth-order valence-corrected chi connectivity index (χ4v) is 3.01. The number of aromatic nitrogens is 1. The average Bonchev–Trinajstić information content (AvgIpc) is 2.42. The van der Waals surface area contributed by atoms with E-state index in [2.05, 4.69) is 15.2 Å². The zero-order valence-corrected chi connectivity index (χ0v) is 10.7. The Balaban J connectivity index is 1.72. The molecule has 1 aromatic heterocycles. The summed E-state index contributed by atoms with van der Waals surface area (Å²) in [5.41, 5.74) is 6.35. The lowest BCUT2D eigenvalue weighted by atomic mass is 9.84. The summed E-state index contributed by atoms with van der Waals surface area (Å²) in [7, 11) is 1.59. The fraction of sp³-hybridized carbons (Fsp3) is 0.615. The molecule has 98 valence electrons. The van der Waals surface area contributed by atoms with Crippen molar-refractivity contribution in [1.82, 2.24) is 9.88 Å². The maximum absolute atomic E-state index is 5.77. The summed E-state index contributed by atoms with van der Waals surface area (Å²) >= 11 is 0. The maximum Gasteiger partial charge on any atom is 0.238 e. The number of nitrogens with two attached hydrogens (primary N) is 1. The molecule has 0 saturated carbocycles. The summed E-state index contributed by atoms with van der Waals surface area (Å²) in [6.45, 7) is 3.63. The van der Waals surface area contributed by atoms with Crippen LogP contribution in [0.25, 0.3) is 0 Å². The van der Waals surface area contributed by atoms with Gasteiger partial charge < -0.3 is 20.7 Å². The van der Waals surface area contributed by atoms with Gasteiger partial charge in [-0.1, -0.05) is 0 Å². The number of fused-ring (bicyclic) bond motifs is 3. The van der Waals surface area contributed by atoms with Gasteiger partial charge in [-0.05, 0) is 44.0 Å². The summed E-state index contributed by atoms with van der Waals surface area (Å²) in [5, 5.41) is 3.53. The van der Waals surface area contributed by atoms with Crippen LogP contribution in [0.4, 0.5) is 11.5 Å². The van der Waals surface area contributed by atoms with Crippen LogP contribution in [0, 0.1) is 5.92 Å². The minimum atomic E-state index is 0.501. The summed E-state index contributed by atoms with van der Waals surface area (Å²) in [4.78, 5) is 6.91. The molecule has 1 atom stereocenters. The van der Waals surface area contributed by atoms with E-state index in [9.17, 15) is 0 Å². The number of ether oxygens (including phenoxy) is 1. The molecule has 4 rings (SSSR count). The molecule has 0 spiro atoms. The Morgan fingerprint density at radius 3 is 2.78 bits per heavy atom. The van der Waals surface area contributed by atoms with E-state index < -0.39 is 0 Å². The van der Waals surface area contributed by atoms with Gasteiger partial charge in [0.1, 0.15) is 5.82 Å². The van der Waals surface area contributed by atoms with E-state index in [0.717, 1.165) is 18.3 Å².